The second-order valence-electron chi connectivity index (χ2n) is 6.61. The smallest absolute Gasteiger partial charge is 0.404 e. The number of carbonyl (C=O) groups is 2. The van der Waals surface area contributed by atoms with Gasteiger partial charge in [0.15, 0.2) is 5.75 Å². The summed E-state index contributed by atoms with van der Waals surface area (Å²) in [6.07, 6.45) is -4.85. The first-order valence-corrected chi connectivity index (χ1v) is 8.85. The molecule has 5 N–H and O–H groups in total. The fraction of sp³-hybridized carbons (Fsp3) is 0.143. The van der Waals surface area contributed by atoms with Gasteiger partial charge in [0.25, 0.3) is 5.91 Å². The van der Waals surface area contributed by atoms with Gasteiger partial charge in [0.1, 0.15) is 6.04 Å². The molecule has 0 bridgehead atoms. The molecule has 0 radical (unpaired) electrons. The summed E-state index contributed by atoms with van der Waals surface area (Å²) in [6, 6.07) is 15.3. The fourth-order valence-corrected chi connectivity index (χ4v) is 2.95. The van der Waals surface area contributed by atoms with Gasteiger partial charge >= 0.3 is 6.36 Å². The van der Waals surface area contributed by atoms with E-state index in [0.29, 0.717) is 0 Å². The lowest BCUT2D eigenvalue weighted by Gasteiger charge is -2.17. The third kappa shape index (κ3) is 5.19. The number of carbonyl (C=O) groups excluding carboxylic acids is 2. The summed E-state index contributed by atoms with van der Waals surface area (Å²) in [4.78, 5) is 24.4. The van der Waals surface area contributed by atoms with E-state index in [1.165, 1.54) is 6.07 Å². The van der Waals surface area contributed by atoms with Crippen LogP contribution in [-0.4, -0.2) is 24.2 Å². The standard InChI is InChI=1S/C21H18F3N3O3/c22-21(23,24)30-18-11-15(7-8-16(18)25)20(29)27-17(19(26)28)10-12-5-6-13-3-1-2-4-14(13)9-12/h1-9,11,17H,10,25H2,(H2,26,28)(H,27,29)/t17-/m0/s1. The van der Waals surface area contributed by atoms with Crippen LogP contribution in [-0.2, 0) is 11.2 Å². The van der Waals surface area contributed by atoms with Crippen molar-refractivity contribution in [1.29, 1.82) is 0 Å². The van der Waals surface area contributed by atoms with Crippen LogP contribution in [0.15, 0.2) is 60.7 Å². The minimum atomic E-state index is -4.96. The molecule has 0 aromatic heterocycles. The maximum Gasteiger partial charge on any atom is 0.573 e. The molecule has 0 unspecified atom stereocenters. The summed E-state index contributed by atoms with van der Waals surface area (Å²) in [5.74, 6) is -2.27. The molecule has 156 valence electrons. The third-order valence-electron chi connectivity index (χ3n) is 4.40. The number of hydrogen-bond acceptors (Lipinski definition) is 4. The molecule has 3 rings (SSSR count). The van der Waals surface area contributed by atoms with Crippen LogP contribution >= 0.6 is 0 Å². The number of primary amides is 1. The maximum atomic E-state index is 12.5. The molecule has 0 saturated heterocycles. The number of hydrogen-bond donors (Lipinski definition) is 3. The minimum Gasteiger partial charge on any atom is -0.404 e. The average molecular weight is 417 g/mol. The van der Waals surface area contributed by atoms with Gasteiger partial charge < -0.3 is 21.5 Å². The van der Waals surface area contributed by atoms with Crippen LogP contribution in [0.3, 0.4) is 0 Å². The van der Waals surface area contributed by atoms with Crippen LogP contribution in [0.4, 0.5) is 18.9 Å². The van der Waals surface area contributed by atoms with Crippen molar-refractivity contribution in [2.24, 2.45) is 5.73 Å². The van der Waals surface area contributed by atoms with Gasteiger partial charge in [-0.3, -0.25) is 9.59 Å². The molecule has 0 aliphatic carbocycles. The number of ether oxygens (including phenoxy) is 1. The predicted molar refractivity (Wildman–Crippen MR) is 106 cm³/mol. The largest absolute Gasteiger partial charge is 0.573 e. The lowest BCUT2D eigenvalue weighted by atomic mass is 10.0. The number of benzene rings is 3. The lowest BCUT2D eigenvalue weighted by Crippen LogP contribution is -2.45. The Bertz CT molecular complexity index is 1100. The Kier molecular flexibility index (Phi) is 5.81. The number of nitrogen functional groups attached to an aromatic ring is 1. The monoisotopic (exact) mass is 417 g/mol. The number of nitrogens with one attached hydrogen (secondary N) is 1. The van der Waals surface area contributed by atoms with Crippen molar-refractivity contribution in [3.05, 3.63) is 71.8 Å². The Morgan fingerprint density at radius 2 is 1.70 bits per heavy atom. The summed E-state index contributed by atoms with van der Waals surface area (Å²) in [5.41, 5.74) is 11.2. The Hall–Kier alpha value is -3.75. The Balaban J connectivity index is 1.78. The lowest BCUT2D eigenvalue weighted by molar-refractivity contribution is -0.274. The Labute approximate surface area is 169 Å². The summed E-state index contributed by atoms with van der Waals surface area (Å²) in [7, 11) is 0. The second kappa shape index (κ2) is 8.32. The zero-order chi connectivity index (χ0) is 21.9. The maximum absolute atomic E-state index is 12.5. The molecule has 9 heteroatoms. The summed E-state index contributed by atoms with van der Waals surface area (Å²) in [5, 5.41) is 4.42. The Morgan fingerprint density at radius 1 is 1.00 bits per heavy atom. The number of fused-ring (bicyclic) bond motifs is 1. The number of rotatable bonds is 6. The minimum absolute atomic E-state index is 0.118. The highest BCUT2D eigenvalue weighted by Crippen LogP contribution is 2.29. The van der Waals surface area contributed by atoms with Crippen molar-refractivity contribution in [3.63, 3.8) is 0 Å². The van der Waals surface area contributed by atoms with Gasteiger partial charge in [-0.25, -0.2) is 0 Å². The van der Waals surface area contributed by atoms with Crippen LogP contribution in [0.25, 0.3) is 10.8 Å². The van der Waals surface area contributed by atoms with E-state index in [9.17, 15) is 22.8 Å². The number of nitrogens with two attached hydrogens (primary N) is 2. The first kappa shape index (κ1) is 21.0. The molecule has 1 atom stereocenters. The second-order valence-corrected chi connectivity index (χ2v) is 6.61. The van der Waals surface area contributed by atoms with Crippen molar-refractivity contribution in [1.82, 2.24) is 5.32 Å². The molecule has 0 spiro atoms. The van der Waals surface area contributed by atoms with Crippen LogP contribution in [0.2, 0.25) is 0 Å². The predicted octanol–water partition coefficient (Wildman–Crippen LogP) is 3.15. The van der Waals surface area contributed by atoms with Crippen molar-refractivity contribution in [3.8, 4) is 5.75 Å². The number of alkyl halides is 3. The van der Waals surface area contributed by atoms with Gasteiger partial charge in [0.05, 0.1) is 5.69 Å². The molecular weight excluding hydrogens is 399 g/mol. The number of anilines is 1. The molecule has 2 amide bonds. The zero-order valence-corrected chi connectivity index (χ0v) is 15.6. The highest BCUT2D eigenvalue weighted by molar-refractivity contribution is 5.98. The molecule has 6 nitrogen and oxygen atoms in total. The van der Waals surface area contributed by atoms with Crippen molar-refractivity contribution in [2.75, 3.05) is 5.73 Å². The van der Waals surface area contributed by atoms with E-state index in [4.69, 9.17) is 11.5 Å². The molecule has 0 saturated carbocycles. The van der Waals surface area contributed by atoms with E-state index in [0.717, 1.165) is 28.5 Å². The van der Waals surface area contributed by atoms with Crippen molar-refractivity contribution in [2.45, 2.75) is 18.8 Å². The van der Waals surface area contributed by atoms with Gasteiger partial charge in [-0.2, -0.15) is 0 Å². The highest BCUT2D eigenvalue weighted by Gasteiger charge is 2.32. The topological polar surface area (TPSA) is 107 Å². The average Bonchev–Trinajstić information content (AvgIpc) is 2.68. The van der Waals surface area contributed by atoms with E-state index in [1.807, 2.05) is 42.5 Å². The summed E-state index contributed by atoms with van der Waals surface area (Å²) >= 11 is 0. The highest BCUT2D eigenvalue weighted by atomic mass is 19.4. The Morgan fingerprint density at radius 3 is 2.37 bits per heavy atom. The van der Waals surface area contributed by atoms with Gasteiger partial charge in [-0.1, -0.05) is 42.5 Å². The summed E-state index contributed by atoms with van der Waals surface area (Å²) in [6.45, 7) is 0. The van der Waals surface area contributed by atoms with E-state index < -0.39 is 30.0 Å². The van der Waals surface area contributed by atoms with Crippen molar-refractivity contribution < 1.29 is 27.5 Å². The molecule has 0 aliphatic heterocycles. The van der Waals surface area contributed by atoms with Gasteiger partial charge in [-0.15, -0.1) is 13.2 Å². The first-order valence-electron chi connectivity index (χ1n) is 8.85. The van der Waals surface area contributed by atoms with E-state index >= 15 is 0 Å². The molecular formula is C21H18F3N3O3. The fourth-order valence-electron chi connectivity index (χ4n) is 2.95. The number of halogens is 3. The number of amides is 2. The van der Waals surface area contributed by atoms with Crippen LogP contribution in [0, 0.1) is 0 Å². The van der Waals surface area contributed by atoms with Crippen molar-refractivity contribution >= 4 is 28.3 Å². The van der Waals surface area contributed by atoms with Gasteiger partial charge in [-0.05, 0) is 34.5 Å². The quantitative estimate of drug-likeness (QED) is 0.536. The normalized spacial score (nSPS) is 12.4. The first-order chi connectivity index (χ1) is 14.1. The van der Waals surface area contributed by atoms with Crippen LogP contribution in [0.1, 0.15) is 15.9 Å². The summed E-state index contributed by atoms with van der Waals surface area (Å²) < 4.78 is 41.3. The van der Waals surface area contributed by atoms with Gasteiger partial charge in [0.2, 0.25) is 5.91 Å². The van der Waals surface area contributed by atoms with E-state index in [1.54, 1.807) is 0 Å². The SMILES string of the molecule is NC(=O)[C@H](Cc1ccc2ccccc2c1)NC(=O)c1ccc(N)c(OC(F)(F)F)c1. The molecule has 0 aliphatic rings. The zero-order valence-electron chi connectivity index (χ0n) is 15.6. The molecule has 3 aromatic rings. The van der Waals surface area contributed by atoms with Crippen LogP contribution < -0.4 is 21.5 Å². The molecule has 30 heavy (non-hydrogen) atoms. The molecule has 3 aromatic carbocycles. The van der Waals surface area contributed by atoms with E-state index in [2.05, 4.69) is 10.1 Å². The third-order valence-corrected chi connectivity index (χ3v) is 4.40. The van der Waals surface area contributed by atoms with Crippen LogP contribution in [0.5, 0.6) is 5.75 Å². The van der Waals surface area contributed by atoms with Gasteiger partial charge in [0, 0.05) is 12.0 Å². The molecule has 0 heterocycles. The molecule has 0 fully saturated rings. The van der Waals surface area contributed by atoms with E-state index in [-0.39, 0.29) is 17.7 Å².